The Kier molecular flexibility index (Phi) is 6.24. The molecule has 0 fully saturated rings. The van der Waals surface area contributed by atoms with Crippen LogP contribution < -0.4 is 4.90 Å². The molecule has 1 amide bonds. The van der Waals surface area contributed by atoms with Crippen LogP contribution >= 0.6 is 11.3 Å². The molecule has 2 rings (SSSR count). The van der Waals surface area contributed by atoms with Crippen molar-refractivity contribution in [2.24, 2.45) is 5.92 Å². The van der Waals surface area contributed by atoms with E-state index in [-0.39, 0.29) is 5.91 Å². The number of methoxy groups -OCH3 is 1. The first-order valence-corrected chi connectivity index (χ1v) is 8.52. The van der Waals surface area contributed by atoms with Gasteiger partial charge in [-0.15, -0.1) is 10.2 Å². The van der Waals surface area contributed by atoms with Crippen molar-refractivity contribution >= 4 is 22.4 Å². The maximum absolute atomic E-state index is 12.5. The van der Waals surface area contributed by atoms with E-state index < -0.39 is 0 Å². The Morgan fingerprint density at radius 2 is 2.13 bits per heavy atom. The maximum atomic E-state index is 12.5. The summed E-state index contributed by atoms with van der Waals surface area (Å²) >= 11 is 1.44. The Hall–Kier alpha value is -1.79. The Morgan fingerprint density at radius 3 is 2.78 bits per heavy atom. The number of hydrogen-bond acceptors (Lipinski definition) is 5. The topological polar surface area (TPSA) is 55.3 Å². The van der Waals surface area contributed by atoms with Crippen LogP contribution in [0.15, 0.2) is 24.3 Å². The van der Waals surface area contributed by atoms with Crippen LogP contribution in [0.1, 0.15) is 25.8 Å². The Morgan fingerprint density at radius 1 is 1.35 bits per heavy atom. The zero-order chi connectivity index (χ0) is 16.8. The third kappa shape index (κ3) is 4.84. The number of carbonyl (C=O) groups excluding carboxylic acids is 1. The Bertz CT molecular complexity index is 655. The van der Waals surface area contributed by atoms with Gasteiger partial charge in [0, 0.05) is 19.1 Å². The fourth-order valence-corrected chi connectivity index (χ4v) is 3.07. The molecule has 0 saturated heterocycles. The molecule has 0 saturated carbocycles. The highest BCUT2D eigenvalue weighted by Gasteiger charge is 2.21. The first-order valence-electron chi connectivity index (χ1n) is 7.71. The van der Waals surface area contributed by atoms with Crippen LogP contribution in [0.25, 0.3) is 10.6 Å². The second-order valence-electron chi connectivity index (χ2n) is 5.90. The van der Waals surface area contributed by atoms with Crippen LogP contribution in [0, 0.1) is 12.8 Å². The first-order chi connectivity index (χ1) is 11.0. The number of carbonyl (C=O) groups is 1. The highest BCUT2D eigenvalue weighted by Crippen LogP contribution is 2.29. The number of aryl methyl sites for hydroxylation is 1. The van der Waals surface area contributed by atoms with Crippen molar-refractivity contribution in [1.29, 1.82) is 0 Å². The van der Waals surface area contributed by atoms with Gasteiger partial charge in [-0.1, -0.05) is 48.9 Å². The molecule has 6 heteroatoms. The van der Waals surface area contributed by atoms with Gasteiger partial charge in [0.1, 0.15) is 5.01 Å². The SMILES string of the molecule is COCCN(C(=O)CC(C)C)c1nnc(-c2cccc(C)c2)s1. The van der Waals surface area contributed by atoms with Gasteiger partial charge in [0.2, 0.25) is 11.0 Å². The minimum absolute atomic E-state index is 0.0593. The lowest BCUT2D eigenvalue weighted by Crippen LogP contribution is -2.34. The second-order valence-corrected chi connectivity index (χ2v) is 6.85. The molecule has 0 radical (unpaired) electrons. The minimum atomic E-state index is 0.0593. The molecular weight excluding hydrogens is 310 g/mol. The predicted molar refractivity (Wildman–Crippen MR) is 93.8 cm³/mol. The van der Waals surface area contributed by atoms with Gasteiger partial charge in [-0.05, 0) is 18.9 Å². The average Bonchev–Trinajstić information content (AvgIpc) is 2.96. The highest BCUT2D eigenvalue weighted by molar-refractivity contribution is 7.18. The third-order valence-corrected chi connectivity index (χ3v) is 4.31. The minimum Gasteiger partial charge on any atom is -0.383 e. The smallest absolute Gasteiger partial charge is 0.229 e. The zero-order valence-electron chi connectivity index (χ0n) is 14.1. The summed E-state index contributed by atoms with van der Waals surface area (Å²) in [7, 11) is 1.63. The van der Waals surface area contributed by atoms with E-state index in [0.717, 1.165) is 10.6 Å². The number of rotatable bonds is 7. The summed E-state index contributed by atoms with van der Waals surface area (Å²) in [6.45, 7) is 7.07. The second kappa shape index (κ2) is 8.17. The van der Waals surface area contributed by atoms with Crippen molar-refractivity contribution in [3.63, 3.8) is 0 Å². The quantitative estimate of drug-likeness (QED) is 0.778. The number of aromatic nitrogens is 2. The summed E-state index contributed by atoms with van der Waals surface area (Å²) in [5, 5.41) is 9.93. The van der Waals surface area contributed by atoms with Gasteiger partial charge in [0.15, 0.2) is 0 Å². The molecule has 1 heterocycles. The molecule has 0 aliphatic heterocycles. The Balaban J connectivity index is 2.24. The lowest BCUT2D eigenvalue weighted by atomic mass is 10.1. The van der Waals surface area contributed by atoms with Gasteiger partial charge < -0.3 is 4.74 Å². The Labute approximate surface area is 141 Å². The van der Waals surface area contributed by atoms with E-state index >= 15 is 0 Å². The van der Waals surface area contributed by atoms with Crippen LogP contribution in [0.3, 0.4) is 0 Å². The number of hydrogen-bond donors (Lipinski definition) is 0. The predicted octanol–water partition coefficient (Wildman–Crippen LogP) is 3.54. The first kappa shape index (κ1) is 17.6. The summed E-state index contributed by atoms with van der Waals surface area (Å²) in [5.41, 5.74) is 2.20. The molecule has 23 heavy (non-hydrogen) atoms. The number of nitrogens with zero attached hydrogens (tertiary/aromatic N) is 3. The summed E-state index contributed by atoms with van der Waals surface area (Å²) in [4.78, 5) is 14.2. The number of amides is 1. The molecule has 1 aromatic carbocycles. The van der Waals surface area contributed by atoms with E-state index in [9.17, 15) is 4.79 Å². The van der Waals surface area contributed by atoms with E-state index in [4.69, 9.17) is 4.74 Å². The van der Waals surface area contributed by atoms with E-state index in [0.29, 0.717) is 30.6 Å². The van der Waals surface area contributed by atoms with Crippen LogP contribution in [0.4, 0.5) is 5.13 Å². The number of anilines is 1. The number of ether oxygens (including phenoxy) is 1. The molecule has 0 unspecified atom stereocenters. The van der Waals surface area contributed by atoms with E-state index in [1.807, 2.05) is 39.0 Å². The molecule has 0 aliphatic rings. The molecule has 0 atom stereocenters. The van der Waals surface area contributed by atoms with Crippen LogP contribution in [-0.4, -0.2) is 36.4 Å². The summed E-state index contributed by atoms with van der Waals surface area (Å²) in [6.07, 6.45) is 0.489. The fraction of sp³-hybridized carbons (Fsp3) is 0.471. The molecule has 0 N–H and O–H groups in total. The fourth-order valence-electron chi connectivity index (χ4n) is 2.19. The lowest BCUT2D eigenvalue weighted by molar-refractivity contribution is -0.119. The van der Waals surface area contributed by atoms with Crippen molar-refractivity contribution in [2.45, 2.75) is 27.2 Å². The van der Waals surface area contributed by atoms with E-state index in [1.54, 1.807) is 12.0 Å². The average molecular weight is 333 g/mol. The van der Waals surface area contributed by atoms with Gasteiger partial charge in [-0.25, -0.2) is 0 Å². The van der Waals surface area contributed by atoms with Gasteiger partial charge in [0.05, 0.1) is 13.2 Å². The molecule has 0 bridgehead atoms. The molecule has 1 aromatic heterocycles. The summed E-state index contributed by atoms with van der Waals surface area (Å²) in [6, 6.07) is 8.12. The van der Waals surface area contributed by atoms with Crippen molar-refractivity contribution in [2.75, 3.05) is 25.2 Å². The summed E-state index contributed by atoms with van der Waals surface area (Å²) < 4.78 is 5.12. The van der Waals surface area contributed by atoms with Crippen molar-refractivity contribution in [3.05, 3.63) is 29.8 Å². The van der Waals surface area contributed by atoms with Crippen molar-refractivity contribution in [3.8, 4) is 10.6 Å². The standard InChI is InChI=1S/C17H23N3O2S/c1-12(2)10-15(21)20(8-9-22-4)17-19-18-16(23-17)14-7-5-6-13(3)11-14/h5-7,11-12H,8-10H2,1-4H3. The molecular formula is C17H23N3O2S. The maximum Gasteiger partial charge on any atom is 0.229 e. The van der Waals surface area contributed by atoms with Gasteiger partial charge in [0.25, 0.3) is 0 Å². The summed E-state index contributed by atoms with van der Waals surface area (Å²) in [5.74, 6) is 0.362. The molecule has 0 aliphatic carbocycles. The van der Waals surface area contributed by atoms with Crippen LogP contribution in [0.2, 0.25) is 0 Å². The third-order valence-electron chi connectivity index (χ3n) is 3.31. The van der Waals surface area contributed by atoms with Crippen molar-refractivity contribution in [1.82, 2.24) is 10.2 Å². The largest absolute Gasteiger partial charge is 0.383 e. The molecule has 124 valence electrons. The lowest BCUT2D eigenvalue weighted by Gasteiger charge is -2.19. The van der Waals surface area contributed by atoms with E-state index in [2.05, 4.69) is 16.3 Å². The molecule has 5 nitrogen and oxygen atoms in total. The van der Waals surface area contributed by atoms with Crippen molar-refractivity contribution < 1.29 is 9.53 Å². The molecule has 2 aromatic rings. The van der Waals surface area contributed by atoms with Gasteiger partial charge >= 0.3 is 0 Å². The van der Waals surface area contributed by atoms with E-state index in [1.165, 1.54) is 16.9 Å². The van der Waals surface area contributed by atoms with Gasteiger partial charge in [-0.2, -0.15) is 0 Å². The van der Waals surface area contributed by atoms with Gasteiger partial charge in [-0.3, -0.25) is 9.69 Å². The molecule has 0 spiro atoms. The monoisotopic (exact) mass is 333 g/mol. The number of benzene rings is 1. The highest BCUT2D eigenvalue weighted by atomic mass is 32.1. The van der Waals surface area contributed by atoms with Crippen LogP contribution in [-0.2, 0) is 9.53 Å². The normalized spacial score (nSPS) is 11.0. The zero-order valence-corrected chi connectivity index (χ0v) is 14.9. The van der Waals surface area contributed by atoms with Crippen LogP contribution in [0.5, 0.6) is 0 Å².